The normalized spacial score (nSPS) is 20.9. The molecular formula is C16H30O3. The molecule has 0 aromatic heterocycles. The Hall–Kier alpha value is -0.570. The molecule has 1 saturated carbocycles. The third-order valence-corrected chi connectivity index (χ3v) is 3.90. The highest BCUT2D eigenvalue weighted by atomic mass is 16.6. The smallest absolute Gasteiger partial charge is 0.312 e. The Morgan fingerprint density at radius 2 is 1.84 bits per heavy atom. The Morgan fingerprint density at radius 1 is 1.26 bits per heavy atom. The maximum absolute atomic E-state index is 12.3. The fourth-order valence-corrected chi connectivity index (χ4v) is 2.85. The average molecular weight is 270 g/mol. The van der Waals surface area contributed by atoms with Gasteiger partial charge < -0.3 is 9.84 Å². The molecule has 0 saturated heterocycles. The van der Waals surface area contributed by atoms with Gasteiger partial charge in [-0.15, -0.1) is 0 Å². The van der Waals surface area contributed by atoms with E-state index in [-0.39, 0.29) is 11.9 Å². The lowest BCUT2D eigenvalue weighted by Crippen LogP contribution is -2.36. The van der Waals surface area contributed by atoms with Crippen LogP contribution < -0.4 is 0 Å². The second kappa shape index (κ2) is 7.28. The molecule has 0 amide bonds. The van der Waals surface area contributed by atoms with Gasteiger partial charge >= 0.3 is 5.97 Å². The molecule has 0 heterocycles. The zero-order chi connectivity index (χ0) is 14.5. The van der Waals surface area contributed by atoms with E-state index in [9.17, 15) is 9.90 Å². The molecule has 1 N–H and O–H groups in total. The van der Waals surface area contributed by atoms with E-state index in [0.717, 1.165) is 6.42 Å². The van der Waals surface area contributed by atoms with E-state index in [4.69, 9.17) is 4.74 Å². The quantitative estimate of drug-likeness (QED) is 0.775. The Balaban J connectivity index is 2.62. The molecule has 0 spiro atoms. The zero-order valence-corrected chi connectivity index (χ0v) is 12.9. The van der Waals surface area contributed by atoms with Crippen LogP contribution in [0.5, 0.6) is 0 Å². The Morgan fingerprint density at radius 3 is 2.32 bits per heavy atom. The first-order valence-corrected chi connectivity index (χ1v) is 7.74. The number of ether oxygens (including phenoxy) is 1. The first-order valence-electron chi connectivity index (χ1n) is 7.74. The summed E-state index contributed by atoms with van der Waals surface area (Å²) in [6.07, 6.45) is 7.02. The van der Waals surface area contributed by atoms with Gasteiger partial charge in [0.05, 0.1) is 12.0 Å². The summed E-state index contributed by atoms with van der Waals surface area (Å²) < 4.78 is 5.47. The van der Waals surface area contributed by atoms with Crippen molar-refractivity contribution in [2.45, 2.75) is 84.3 Å². The molecule has 3 nitrogen and oxygen atoms in total. The largest absolute Gasteiger partial charge is 0.460 e. The van der Waals surface area contributed by atoms with Gasteiger partial charge in [0.2, 0.25) is 0 Å². The molecular weight excluding hydrogens is 240 g/mol. The van der Waals surface area contributed by atoms with Gasteiger partial charge in [0.25, 0.3) is 0 Å². The number of aliphatic hydroxyl groups excluding tert-OH is 1. The van der Waals surface area contributed by atoms with Crippen LogP contribution in [0.1, 0.15) is 72.6 Å². The minimum atomic E-state index is -0.572. The third-order valence-electron chi connectivity index (χ3n) is 3.90. The monoisotopic (exact) mass is 270 g/mol. The van der Waals surface area contributed by atoms with Crippen LogP contribution >= 0.6 is 0 Å². The highest BCUT2D eigenvalue weighted by Crippen LogP contribution is 2.31. The summed E-state index contributed by atoms with van der Waals surface area (Å²) in [5, 5.41) is 10.1. The molecule has 2 atom stereocenters. The summed E-state index contributed by atoms with van der Waals surface area (Å²) in [5.41, 5.74) is -0.477. The molecule has 3 heteroatoms. The lowest BCUT2D eigenvalue weighted by molar-refractivity contribution is -0.165. The van der Waals surface area contributed by atoms with Gasteiger partial charge in [-0.1, -0.05) is 39.0 Å². The van der Waals surface area contributed by atoms with Crippen LogP contribution in [0.15, 0.2) is 0 Å². The van der Waals surface area contributed by atoms with Gasteiger partial charge in [-0.05, 0) is 39.5 Å². The summed E-state index contributed by atoms with van der Waals surface area (Å²) in [4.78, 5) is 12.3. The average Bonchev–Trinajstić information content (AvgIpc) is 2.34. The van der Waals surface area contributed by atoms with Crippen LogP contribution in [-0.4, -0.2) is 22.8 Å². The van der Waals surface area contributed by atoms with Crippen molar-refractivity contribution in [2.24, 2.45) is 11.8 Å². The van der Waals surface area contributed by atoms with Gasteiger partial charge in [-0.2, -0.15) is 0 Å². The van der Waals surface area contributed by atoms with E-state index in [1.165, 1.54) is 32.1 Å². The summed E-state index contributed by atoms with van der Waals surface area (Å²) in [7, 11) is 0. The summed E-state index contributed by atoms with van der Waals surface area (Å²) in [6, 6.07) is 0. The van der Waals surface area contributed by atoms with Gasteiger partial charge in [-0.3, -0.25) is 4.79 Å². The van der Waals surface area contributed by atoms with Gasteiger partial charge in [0.1, 0.15) is 5.60 Å². The molecule has 1 rings (SSSR count). The first kappa shape index (κ1) is 16.5. The molecule has 0 aliphatic heterocycles. The molecule has 0 aromatic carbocycles. The van der Waals surface area contributed by atoms with Crippen LogP contribution in [0, 0.1) is 11.8 Å². The van der Waals surface area contributed by atoms with Crippen LogP contribution in [0.2, 0.25) is 0 Å². The number of hydrogen-bond acceptors (Lipinski definition) is 3. The second-order valence-corrected chi connectivity index (χ2v) is 6.86. The molecule has 0 aromatic rings. The molecule has 1 fully saturated rings. The van der Waals surface area contributed by atoms with Crippen molar-refractivity contribution in [1.29, 1.82) is 0 Å². The number of rotatable bonds is 5. The predicted molar refractivity (Wildman–Crippen MR) is 76.8 cm³/mol. The molecule has 19 heavy (non-hydrogen) atoms. The van der Waals surface area contributed by atoms with Gasteiger partial charge in [0.15, 0.2) is 0 Å². The summed E-state index contributed by atoms with van der Waals surface area (Å²) >= 11 is 0. The van der Waals surface area contributed by atoms with Crippen molar-refractivity contribution in [3.63, 3.8) is 0 Å². The van der Waals surface area contributed by atoms with E-state index >= 15 is 0 Å². The van der Waals surface area contributed by atoms with Crippen molar-refractivity contribution in [1.82, 2.24) is 0 Å². The second-order valence-electron chi connectivity index (χ2n) is 6.86. The Bertz CT molecular complexity index is 274. The number of esters is 1. The fraction of sp³-hybridized carbons (Fsp3) is 0.938. The van der Waals surface area contributed by atoms with Crippen LogP contribution in [0.25, 0.3) is 0 Å². The van der Waals surface area contributed by atoms with Crippen LogP contribution in [0.4, 0.5) is 0 Å². The van der Waals surface area contributed by atoms with Gasteiger partial charge in [0, 0.05) is 0 Å². The van der Waals surface area contributed by atoms with E-state index in [1.54, 1.807) is 0 Å². The standard InChI is InChI=1S/C16H30O3/c1-5-14(17)13(15(18)19-16(2,3)4)11-12-9-7-6-8-10-12/h12-14,17H,5-11H2,1-4H3/t13-,14-/m1/s1. The minimum Gasteiger partial charge on any atom is -0.460 e. The first-order chi connectivity index (χ1) is 8.83. The molecule has 112 valence electrons. The molecule has 1 aliphatic rings. The van der Waals surface area contributed by atoms with Crippen molar-refractivity contribution in [2.75, 3.05) is 0 Å². The predicted octanol–water partition coefficient (Wildman–Crippen LogP) is 3.69. The van der Waals surface area contributed by atoms with E-state index in [2.05, 4.69) is 0 Å². The third kappa shape index (κ3) is 5.94. The molecule has 1 aliphatic carbocycles. The number of carbonyl (C=O) groups excluding carboxylic acids is 1. The molecule has 0 bridgehead atoms. The Kier molecular flexibility index (Phi) is 6.31. The lowest BCUT2D eigenvalue weighted by Gasteiger charge is -2.30. The van der Waals surface area contributed by atoms with E-state index < -0.39 is 11.7 Å². The van der Waals surface area contributed by atoms with Crippen LogP contribution in [-0.2, 0) is 9.53 Å². The zero-order valence-electron chi connectivity index (χ0n) is 12.9. The highest BCUT2D eigenvalue weighted by molar-refractivity contribution is 5.73. The van der Waals surface area contributed by atoms with Crippen LogP contribution in [0.3, 0.4) is 0 Å². The maximum atomic E-state index is 12.3. The van der Waals surface area contributed by atoms with E-state index in [0.29, 0.717) is 12.3 Å². The molecule has 0 radical (unpaired) electrons. The van der Waals surface area contributed by atoms with Crippen molar-refractivity contribution in [3.05, 3.63) is 0 Å². The van der Waals surface area contributed by atoms with Crippen molar-refractivity contribution in [3.8, 4) is 0 Å². The Labute approximate surface area is 117 Å². The highest BCUT2D eigenvalue weighted by Gasteiger charge is 2.32. The van der Waals surface area contributed by atoms with Crippen molar-refractivity contribution < 1.29 is 14.6 Å². The minimum absolute atomic E-state index is 0.229. The topological polar surface area (TPSA) is 46.5 Å². The van der Waals surface area contributed by atoms with Crippen molar-refractivity contribution >= 4 is 5.97 Å². The summed E-state index contributed by atoms with van der Waals surface area (Å²) in [6.45, 7) is 7.55. The fourth-order valence-electron chi connectivity index (χ4n) is 2.85. The maximum Gasteiger partial charge on any atom is 0.312 e. The number of aliphatic hydroxyl groups is 1. The van der Waals surface area contributed by atoms with Gasteiger partial charge in [-0.25, -0.2) is 0 Å². The summed E-state index contributed by atoms with van der Waals surface area (Å²) in [5.74, 6) is -0.00721. The molecule has 0 unspecified atom stereocenters. The van der Waals surface area contributed by atoms with E-state index in [1.807, 2.05) is 27.7 Å². The lowest BCUT2D eigenvalue weighted by atomic mass is 9.80. The number of hydrogen-bond donors (Lipinski definition) is 1. The SMILES string of the molecule is CC[C@@H](O)[C@@H](CC1CCCCC1)C(=O)OC(C)(C)C. The number of carbonyl (C=O) groups is 1.